The Bertz CT molecular complexity index is 973. The standard InChI is InChI=1S/C19H21N5O3/c25-18(12-14-13-4-1-2-5-15(13)27-22-14)23-8-7-17-20-21-19(24(17)10-9-23)16-6-3-11-26-16/h1-2,4-5,16H,3,6-12H2. The second-order valence-corrected chi connectivity index (χ2v) is 7.06. The van der Waals surface area contributed by atoms with Gasteiger partial charge in [-0.3, -0.25) is 4.79 Å². The summed E-state index contributed by atoms with van der Waals surface area (Å²) < 4.78 is 13.2. The maximum atomic E-state index is 12.9. The van der Waals surface area contributed by atoms with Gasteiger partial charge in [-0.15, -0.1) is 10.2 Å². The Hall–Kier alpha value is -2.74. The van der Waals surface area contributed by atoms with Gasteiger partial charge in [-0.2, -0.15) is 0 Å². The Morgan fingerprint density at radius 2 is 2.11 bits per heavy atom. The Morgan fingerprint density at radius 3 is 3.00 bits per heavy atom. The minimum absolute atomic E-state index is 0.0370. The summed E-state index contributed by atoms with van der Waals surface area (Å²) in [5.74, 6) is 1.90. The molecule has 1 amide bonds. The Labute approximate surface area is 156 Å². The maximum absolute atomic E-state index is 12.9. The SMILES string of the molecule is O=C(Cc1noc2ccccc12)N1CCc2nnc(C3CCCO3)n2CC1. The highest BCUT2D eigenvalue weighted by atomic mass is 16.5. The number of nitrogens with zero attached hydrogens (tertiary/aromatic N) is 5. The van der Waals surface area contributed by atoms with E-state index in [4.69, 9.17) is 9.26 Å². The lowest BCUT2D eigenvalue weighted by molar-refractivity contribution is -0.130. The number of hydrogen-bond donors (Lipinski definition) is 0. The molecular formula is C19H21N5O3. The smallest absolute Gasteiger partial charge is 0.228 e. The van der Waals surface area contributed by atoms with E-state index >= 15 is 0 Å². The van der Waals surface area contributed by atoms with E-state index in [1.165, 1.54) is 0 Å². The molecule has 8 heteroatoms. The zero-order valence-corrected chi connectivity index (χ0v) is 15.0. The van der Waals surface area contributed by atoms with Crippen LogP contribution in [0, 0.1) is 0 Å². The van der Waals surface area contributed by atoms with Crippen molar-refractivity contribution >= 4 is 16.9 Å². The molecule has 8 nitrogen and oxygen atoms in total. The van der Waals surface area contributed by atoms with Crippen LogP contribution >= 0.6 is 0 Å². The summed E-state index contributed by atoms with van der Waals surface area (Å²) in [6, 6.07) is 7.62. The molecule has 4 heterocycles. The number of carbonyl (C=O) groups excluding carboxylic acids is 1. The van der Waals surface area contributed by atoms with Crippen LogP contribution in [0.15, 0.2) is 28.8 Å². The van der Waals surface area contributed by atoms with Gasteiger partial charge in [0.2, 0.25) is 5.91 Å². The van der Waals surface area contributed by atoms with E-state index < -0.39 is 0 Å². The average Bonchev–Trinajstić information content (AvgIpc) is 3.40. The third-order valence-corrected chi connectivity index (χ3v) is 5.40. The summed E-state index contributed by atoms with van der Waals surface area (Å²) in [5, 5.41) is 13.7. The van der Waals surface area contributed by atoms with Gasteiger partial charge in [-0.1, -0.05) is 17.3 Å². The Balaban J connectivity index is 1.30. The van der Waals surface area contributed by atoms with Crippen molar-refractivity contribution in [3.05, 3.63) is 41.6 Å². The summed E-state index contributed by atoms with van der Waals surface area (Å²) in [7, 11) is 0. The van der Waals surface area contributed by atoms with E-state index in [1.807, 2.05) is 29.2 Å². The molecule has 2 aliphatic heterocycles. The van der Waals surface area contributed by atoms with Crippen molar-refractivity contribution in [1.82, 2.24) is 24.8 Å². The van der Waals surface area contributed by atoms with Gasteiger partial charge in [0.25, 0.3) is 0 Å². The third-order valence-electron chi connectivity index (χ3n) is 5.40. The number of amides is 1. The molecule has 5 rings (SSSR count). The highest BCUT2D eigenvalue weighted by Crippen LogP contribution is 2.28. The molecule has 1 unspecified atom stereocenters. The lowest BCUT2D eigenvalue weighted by Gasteiger charge is -2.20. The second kappa shape index (κ2) is 6.77. The van der Waals surface area contributed by atoms with Crippen molar-refractivity contribution in [2.24, 2.45) is 0 Å². The molecule has 27 heavy (non-hydrogen) atoms. The number of rotatable bonds is 3. The van der Waals surface area contributed by atoms with Gasteiger partial charge in [0.15, 0.2) is 11.4 Å². The molecule has 0 bridgehead atoms. The molecule has 2 aromatic heterocycles. The molecule has 2 aliphatic rings. The van der Waals surface area contributed by atoms with E-state index in [2.05, 4.69) is 19.9 Å². The fraction of sp³-hybridized carbons (Fsp3) is 0.474. The zero-order chi connectivity index (χ0) is 18.2. The molecule has 0 saturated carbocycles. The Kier molecular flexibility index (Phi) is 4.12. The minimum atomic E-state index is 0.0370. The molecule has 1 saturated heterocycles. The molecule has 1 atom stereocenters. The van der Waals surface area contributed by atoms with Gasteiger partial charge in [-0.05, 0) is 25.0 Å². The molecule has 0 aliphatic carbocycles. The average molecular weight is 367 g/mol. The number of ether oxygens (including phenoxy) is 1. The van der Waals surface area contributed by atoms with Crippen LogP contribution < -0.4 is 0 Å². The van der Waals surface area contributed by atoms with Crippen molar-refractivity contribution in [2.45, 2.75) is 38.3 Å². The first-order valence-corrected chi connectivity index (χ1v) is 9.44. The first-order chi connectivity index (χ1) is 13.3. The predicted octanol–water partition coefficient (Wildman–Crippen LogP) is 1.90. The zero-order valence-electron chi connectivity index (χ0n) is 15.0. The van der Waals surface area contributed by atoms with Crippen molar-refractivity contribution in [3.63, 3.8) is 0 Å². The fourth-order valence-corrected chi connectivity index (χ4v) is 3.93. The number of aromatic nitrogens is 4. The fourth-order valence-electron chi connectivity index (χ4n) is 3.93. The van der Waals surface area contributed by atoms with Crippen molar-refractivity contribution < 1.29 is 14.1 Å². The van der Waals surface area contributed by atoms with Crippen molar-refractivity contribution in [1.29, 1.82) is 0 Å². The molecule has 0 radical (unpaired) electrons. The van der Waals surface area contributed by atoms with Gasteiger partial charge < -0.3 is 18.7 Å². The largest absolute Gasteiger partial charge is 0.370 e. The first kappa shape index (κ1) is 16.4. The summed E-state index contributed by atoms with van der Waals surface area (Å²) >= 11 is 0. The van der Waals surface area contributed by atoms with E-state index in [0.717, 1.165) is 36.5 Å². The highest BCUT2D eigenvalue weighted by molar-refractivity contribution is 5.86. The van der Waals surface area contributed by atoms with Gasteiger partial charge in [0.05, 0.1) is 6.42 Å². The highest BCUT2D eigenvalue weighted by Gasteiger charge is 2.28. The lowest BCUT2D eigenvalue weighted by Crippen LogP contribution is -2.35. The minimum Gasteiger partial charge on any atom is -0.370 e. The number of carbonyl (C=O) groups is 1. The topological polar surface area (TPSA) is 86.3 Å². The molecule has 140 valence electrons. The number of hydrogen-bond acceptors (Lipinski definition) is 6. The van der Waals surface area contributed by atoms with Crippen molar-refractivity contribution in [3.8, 4) is 0 Å². The molecule has 1 fully saturated rings. The van der Waals surface area contributed by atoms with Gasteiger partial charge in [0, 0.05) is 38.0 Å². The number of benzene rings is 1. The molecule has 0 spiro atoms. The van der Waals surface area contributed by atoms with Gasteiger partial charge >= 0.3 is 0 Å². The van der Waals surface area contributed by atoms with Crippen LogP contribution in [-0.2, 0) is 28.9 Å². The first-order valence-electron chi connectivity index (χ1n) is 9.44. The molecule has 0 N–H and O–H groups in total. The summed E-state index contributed by atoms with van der Waals surface area (Å²) in [6.45, 7) is 2.75. The molecule has 3 aromatic rings. The van der Waals surface area contributed by atoms with Crippen LogP contribution in [0.25, 0.3) is 11.0 Å². The van der Waals surface area contributed by atoms with Crippen LogP contribution in [0.3, 0.4) is 0 Å². The van der Waals surface area contributed by atoms with E-state index in [0.29, 0.717) is 37.3 Å². The van der Waals surface area contributed by atoms with E-state index in [9.17, 15) is 4.79 Å². The van der Waals surface area contributed by atoms with Crippen LogP contribution in [0.5, 0.6) is 0 Å². The Morgan fingerprint density at radius 1 is 1.19 bits per heavy atom. The molecule has 1 aromatic carbocycles. The van der Waals surface area contributed by atoms with Crippen LogP contribution in [-0.4, -0.2) is 50.4 Å². The summed E-state index contributed by atoms with van der Waals surface area (Å²) in [5.41, 5.74) is 1.41. The number of fused-ring (bicyclic) bond motifs is 2. The van der Waals surface area contributed by atoms with Gasteiger partial charge in [0.1, 0.15) is 17.6 Å². The van der Waals surface area contributed by atoms with Crippen LogP contribution in [0.2, 0.25) is 0 Å². The van der Waals surface area contributed by atoms with Gasteiger partial charge in [-0.25, -0.2) is 0 Å². The summed E-state index contributed by atoms with van der Waals surface area (Å²) in [6.07, 6.45) is 3.03. The van der Waals surface area contributed by atoms with Crippen LogP contribution in [0.1, 0.15) is 36.3 Å². The van der Waals surface area contributed by atoms with Crippen molar-refractivity contribution in [2.75, 3.05) is 19.7 Å². The van der Waals surface area contributed by atoms with E-state index in [1.54, 1.807) is 0 Å². The maximum Gasteiger partial charge on any atom is 0.228 e. The second-order valence-electron chi connectivity index (χ2n) is 7.06. The predicted molar refractivity (Wildman–Crippen MR) is 95.9 cm³/mol. The van der Waals surface area contributed by atoms with E-state index in [-0.39, 0.29) is 18.4 Å². The normalized spacial score (nSPS) is 20.0. The van der Waals surface area contributed by atoms with Crippen LogP contribution in [0.4, 0.5) is 0 Å². The summed E-state index contributed by atoms with van der Waals surface area (Å²) in [4.78, 5) is 14.7. The lowest BCUT2D eigenvalue weighted by atomic mass is 10.1. The molecular weight excluding hydrogens is 346 g/mol. The third kappa shape index (κ3) is 2.99. The monoisotopic (exact) mass is 367 g/mol. The quantitative estimate of drug-likeness (QED) is 0.703. The number of para-hydroxylation sites is 1.